The molecule has 1 N–H and O–H groups in total. The molecule has 0 unspecified atom stereocenters. The van der Waals surface area contributed by atoms with Crippen molar-refractivity contribution in [3.63, 3.8) is 0 Å². The van der Waals surface area contributed by atoms with Gasteiger partial charge in [0.05, 0.1) is 0 Å². The van der Waals surface area contributed by atoms with Crippen LogP contribution in [0.2, 0.25) is 0 Å². The molecule has 0 spiro atoms. The minimum absolute atomic E-state index is 0.0112. The minimum atomic E-state index is -0.333. The number of hydrogen-bond donors (Lipinski definition) is 1. The largest absolute Gasteiger partial charge is 0.339 e. The summed E-state index contributed by atoms with van der Waals surface area (Å²) in [6, 6.07) is 13.1. The highest BCUT2D eigenvalue weighted by Crippen LogP contribution is 2.16. The first-order valence-electron chi connectivity index (χ1n) is 8.81. The first-order chi connectivity index (χ1) is 13.0. The summed E-state index contributed by atoms with van der Waals surface area (Å²) in [6.45, 7) is 3.00. The van der Waals surface area contributed by atoms with Gasteiger partial charge in [-0.05, 0) is 35.9 Å². The Bertz CT molecular complexity index is 807. The van der Waals surface area contributed by atoms with E-state index in [1.54, 1.807) is 35.2 Å². The number of carbonyl (C=O) groups is 2. The number of benzene rings is 2. The van der Waals surface area contributed by atoms with Gasteiger partial charge in [0.2, 0.25) is 5.91 Å². The van der Waals surface area contributed by atoms with Crippen LogP contribution >= 0.6 is 15.9 Å². The molecular formula is C20H21BrFN3O2. The Morgan fingerprint density at radius 1 is 1.11 bits per heavy atom. The van der Waals surface area contributed by atoms with Gasteiger partial charge in [0.15, 0.2) is 0 Å². The summed E-state index contributed by atoms with van der Waals surface area (Å²) >= 11 is 3.37. The lowest BCUT2D eigenvalue weighted by molar-refractivity contribution is -0.132. The number of carbonyl (C=O) groups excluding carboxylic acids is 2. The van der Waals surface area contributed by atoms with Gasteiger partial charge in [0.1, 0.15) is 12.4 Å². The average molecular weight is 434 g/mol. The fraction of sp³-hybridized carbons (Fsp3) is 0.300. The second-order valence-corrected chi connectivity index (χ2v) is 7.34. The molecule has 7 heteroatoms. The maximum atomic E-state index is 13.2. The smallest absolute Gasteiger partial charge is 0.254 e. The molecule has 1 saturated heterocycles. The highest BCUT2D eigenvalue weighted by molar-refractivity contribution is 9.10. The van der Waals surface area contributed by atoms with Crippen LogP contribution in [0.3, 0.4) is 0 Å². The van der Waals surface area contributed by atoms with Crippen molar-refractivity contribution < 1.29 is 14.0 Å². The van der Waals surface area contributed by atoms with Crippen LogP contribution in [0.25, 0.3) is 0 Å². The van der Waals surface area contributed by atoms with Crippen LogP contribution in [-0.4, -0.2) is 54.3 Å². The van der Waals surface area contributed by atoms with Gasteiger partial charge in [0.25, 0.3) is 5.91 Å². The van der Waals surface area contributed by atoms with Crippen LogP contribution < -0.4 is 5.32 Å². The Kier molecular flexibility index (Phi) is 6.58. The molecule has 2 amide bonds. The Morgan fingerprint density at radius 2 is 1.81 bits per heavy atom. The summed E-state index contributed by atoms with van der Waals surface area (Å²) in [7, 11) is 0. The molecule has 1 aliphatic rings. The SMILES string of the molecule is O=C(CN(Cc1ccc(F)cc1)C(=O)c1cccc(Br)c1)N1CCNCC1. The zero-order chi connectivity index (χ0) is 19.2. The predicted molar refractivity (Wildman–Crippen MR) is 105 cm³/mol. The van der Waals surface area contributed by atoms with Gasteiger partial charge < -0.3 is 15.1 Å². The molecule has 0 aromatic heterocycles. The van der Waals surface area contributed by atoms with Crippen molar-refractivity contribution in [1.82, 2.24) is 15.1 Å². The van der Waals surface area contributed by atoms with E-state index in [0.29, 0.717) is 18.7 Å². The molecule has 0 aliphatic carbocycles. The van der Waals surface area contributed by atoms with E-state index in [1.807, 2.05) is 6.07 Å². The van der Waals surface area contributed by atoms with Gasteiger partial charge in [-0.1, -0.05) is 34.1 Å². The standard InChI is InChI=1S/C20H21BrFN3O2/c21-17-3-1-2-16(12-17)20(27)25(13-15-4-6-18(22)7-5-15)14-19(26)24-10-8-23-9-11-24/h1-7,12,23H,8-11,13-14H2. The summed E-state index contributed by atoms with van der Waals surface area (Å²) in [5.74, 6) is -0.647. The molecule has 0 saturated carbocycles. The molecule has 27 heavy (non-hydrogen) atoms. The van der Waals surface area contributed by atoms with Crippen molar-refractivity contribution >= 4 is 27.7 Å². The van der Waals surface area contributed by atoms with Gasteiger partial charge in [0, 0.05) is 42.8 Å². The molecule has 5 nitrogen and oxygen atoms in total. The van der Waals surface area contributed by atoms with Crippen LogP contribution in [0.4, 0.5) is 4.39 Å². The lowest BCUT2D eigenvalue weighted by atomic mass is 10.1. The van der Waals surface area contributed by atoms with E-state index in [2.05, 4.69) is 21.2 Å². The van der Waals surface area contributed by atoms with Crippen LogP contribution in [0.1, 0.15) is 15.9 Å². The number of hydrogen-bond acceptors (Lipinski definition) is 3. The molecule has 1 aliphatic heterocycles. The van der Waals surface area contributed by atoms with Gasteiger partial charge in [-0.3, -0.25) is 9.59 Å². The van der Waals surface area contributed by atoms with Gasteiger partial charge in [-0.15, -0.1) is 0 Å². The summed E-state index contributed by atoms with van der Waals surface area (Å²) in [4.78, 5) is 29.0. The van der Waals surface area contributed by atoms with Crippen molar-refractivity contribution in [2.24, 2.45) is 0 Å². The van der Waals surface area contributed by atoms with Crippen LogP contribution in [-0.2, 0) is 11.3 Å². The summed E-state index contributed by atoms with van der Waals surface area (Å²) in [6.07, 6.45) is 0. The lowest BCUT2D eigenvalue weighted by Crippen LogP contribution is -2.50. The lowest BCUT2D eigenvalue weighted by Gasteiger charge is -2.30. The molecule has 1 heterocycles. The second kappa shape index (κ2) is 9.10. The van der Waals surface area contributed by atoms with Crippen molar-refractivity contribution in [2.45, 2.75) is 6.54 Å². The van der Waals surface area contributed by atoms with Crippen molar-refractivity contribution in [3.8, 4) is 0 Å². The first-order valence-corrected chi connectivity index (χ1v) is 9.60. The third-order valence-corrected chi connectivity index (χ3v) is 4.93. The third kappa shape index (κ3) is 5.37. The van der Waals surface area contributed by atoms with E-state index in [9.17, 15) is 14.0 Å². The van der Waals surface area contributed by atoms with Crippen molar-refractivity contribution in [2.75, 3.05) is 32.7 Å². The Morgan fingerprint density at radius 3 is 2.48 bits per heavy atom. The number of rotatable bonds is 5. The average Bonchev–Trinajstić information content (AvgIpc) is 2.69. The highest BCUT2D eigenvalue weighted by Gasteiger charge is 2.23. The van der Waals surface area contributed by atoms with Crippen molar-refractivity contribution in [3.05, 3.63) is 69.9 Å². The monoisotopic (exact) mass is 433 g/mol. The number of amides is 2. The van der Waals surface area contributed by atoms with E-state index >= 15 is 0 Å². The van der Waals surface area contributed by atoms with Gasteiger partial charge in [-0.25, -0.2) is 4.39 Å². The normalized spacial score (nSPS) is 14.1. The number of nitrogens with zero attached hydrogens (tertiary/aromatic N) is 2. The summed E-state index contributed by atoms with van der Waals surface area (Å²) < 4.78 is 14.0. The quantitative estimate of drug-likeness (QED) is 0.788. The van der Waals surface area contributed by atoms with Crippen LogP contribution in [0, 0.1) is 5.82 Å². The van der Waals surface area contributed by atoms with Crippen LogP contribution in [0.5, 0.6) is 0 Å². The fourth-order valence-corrected chi connectivity index (χ4v) is 3.39. The van der Waals surface area contributed by atoms with Gasteiger partial charge >= 0.3 is 0 Å². The summed E-state index contributed by atoms with van der Waals surface area (Å²) in [5.41, 5.74) is 1.27. The Balaban J connectivity index is 1.79. The molecule has 2 aromatic rings. The zero-order valence-corrected chi connectivity index (χ0v) is 16.4. The third-order valence-electron chi connectivity index (χ3n) is 4.44. The predicted octanol–water partition coefficient (Wildman–Crippen LogP) is 2.66. The molecule has 0 radical (unpaired) electrons. The molecule has 142 valence electrons. The Hall–Kier alpha value is -2.25. The van der Waals surface area contributed by atoms with E-state index < -0.39 is 0 Å². The fourth-order valence-electron chi connectivity index (χ4n) is 2.99. The second-order valence-electron chi connectivity index (χ2n) is 6.43. The molecule has 3 rings (SSSR count). The molecule has 0 bridgehead atoms. The maximum absolute atomic E-state index is 13.2. The molecule has 1 fully saturated rings. The topological polar surface area (TPSA) is 52.7 Å². The maximum Gasteiger partial charge on any atom is 0.254 e. The van der Waals surface area contributed by atoms with E-state index in [-0.39, 0.29) is 30.7 Å². The first kappa shape index (κ1) is 19.5. The van der Waals surface area contributed by atoms with E-state index in [1.165, 1.54) is 17.0 Å². The van der Waals surface area contributed by atoms with Crippen LogP contribution in [0.15, 0.2) is 53.0 Å². The summed E-state index contributed by atoms with van der Waals surface area (Å²) in [5, 5.41) is 3.21. The van der Waals surface area contributed by atoms with E-state index in [0.717, 1.165) is 23.1 Å². The zero-order valence-electron chi connectivity index (χ0n) is 14.8. The number of piperazine rings is 1. The van der Waals surface area contributed by atoms with Crippen molar-refractivity contribution in [1.29, 1.82) is 0 Å². The Labute approximate surface area is 166 Å². The number of nitrogens with one attached hydrogen (secondary N) is 1. The van der Waals surface area contributed by atoms with Gasteiger partial charge in [-0.2, -0.15) is 0 Å². The number of halogens is 2. The highest BCUT2D eigenvalue weighted by atomic mass is 79.9. The molecular weight excluding hydrogens is 413 g/mol. The molecule has 0 atom stereocenters. The minimum Gasteiger partial charge on any atom is -0.339 e. The molecule has 2 aromatic carbocycles. The van der Waals surface area contributed by atoms with E-state index in [4.69, 9.17) is 0 Å².